The maximum atomic E-state index is 12.0. The molecule has 5 nitrogen and oxygen atoms in total. The number of hydrogen-bond donors (Lipinski definition) is 0. The van der Waals surface area contributed by atoms with Crippen LogP contribution in [0.5, 0.6) is 0 Å². The summed E-state index contributed by atoms with van der Waals surface area (Å²) in [6.07, 6.45) is 4.52. The molecule has 1 aromatic heterocycles. The second-order valence-electron chi connectivity index (χ2n) is 5.94. The van der Waals surface area contributed by atoms with Gasteiger partial charge in [0.25, 0.3) is 0 Å². The number of hydrogen-bond acceptors (Lipinski definition) is 4. The zero-order valence-electron chi connectivity index (χ0n) is 13.4. The molecule has 0 saturated carbocycles. The van der Waals surface area contributed by atoms with Crippen molar-refractivity contribution >= 4 is 5.91 Å². The van der Waals surface area contributed by atoms with Crippen LogP contribution in [-0.2, 0) is 16.0 Å². The van der Waals surface area contributed by atoms with Gasteiger partial charge in [-0.25, -0.2) is 4.98 Å². The molecule has 0 spiro atoms. The Hall–Kier alpha value is -2.14. The van der Waals surface area contributed by atoms with E-state index in [1.54, 1.807) is 13.3 Å². The molecule has 2 heterocycles. The predicted molar refractivity (Wildman–Crippen MR) is 86.2 cm³/mol. The van der Waals surface area contributed by atoms with Crippen molar-refractivity contribution in [3.05, 3.63) is 53.7 Å². The summed E-state index contributed by atoms with van der Waals surface area (Å²) in [4.78, 5) is 18.3. The minimum atomic E-state index is 0.0354. The van der Waals surface area contributed by atoms with Gasteiger partial charge in [-0.1, -0.05) is 30.3 Å². The number of oxazole rings is 1. The van der Waals surface area contributed by atoms with Gasteiger partial charge in [-0.2, -0.15) is 0 Å². The topological polar surface area (TPSA) is 55.6 Å². The molecule has 1 saturated heterocycles. The number of nitrogens with zero attached hydrogens (tertiary/aromatic N) is 2. The van der Waals surface area contributed by atoms with Gasteiger partial charge < -0.3 is 14.1 Å². The summed E-state index contributed by atoms with van der Waals surface area (Å²) in [5, 5.41) is 0. The van der Waals surface area contributed by atoms with Gasteiger partial charge in [0.05, 0.1) is 12.1 Å². The SMILES string of the molecule is COCC(=O)N1CCCC(c2ncc(Cc3ccccc3)o2)C1. The number of methoxy groups -OCH3 is 1. The highest BCUT2D eigenvalue weighted by atomic mass is 16.5. The van der Waals surface area contributed by atoms with Gasteiger partial charge in [-0.15, -0.1) is 0 Å². The molecule has 1 aliphatic heterocycles. The highest BCUT2D eigenvalue weighted by Crippen LogP contribution is 2.27. The van der Waals surface area contributed by atoms with Crippen LogP contribution < -0.4 is 0 Å². The number of likely N-dealkylation sites (tertiary alicyclic amines) is 1. The third-order valence-corrected chi connectivity index (χ3v) is 4.18. The fourth-order valence-electron chi connectivity index (χ4n) is 3.01. The summed E-state index contributed by atoms with van der Waals surface area (Å²) in [6, 6.07) is 10.2. The fraction of sp³-hybridized carbons (Fsp3) is 0.444. The molecule has 23 heavy (non-hydrogen) atoms. The molecule has 5 heteroatoms. The van der Waals surface area contributed by atoms with Crippen molar-refractivity contribution in [1.82, 2.24) is 9.88 Å². The monoisotopic (exact) mass is 314 g/mol. The lowest BCUT2D eigenvalue weighted by Crippen LogP contribution is -2.40. The van der Waals surface area contributed by atoms with Crippen molar-refractivity contribution in [2.75, 3.05) is 26.8 Å². The summed E-state index contributed by atoms with van der Waals surface area (Å²) in [5.74, 6) is 1.82. The van der Waals surface area contributed by atoms with Gasteiger partial charge >= 0.3 is 0 Å². The minimum absolute atomic E-state index is 0.0354. The molecule has 3 rings (SSSR count). The molecule has 1 fully saturated rings. The summed E-state index contributed by atoms with van der Waals surface area (Å²) < 4.78 is 10.9. The Morgan fingerprint density at radius 3 is 3.00 bits per heavy atom. The number of aromatic nitrogens is 1. The van der Waals surface area contributed by atoms with Crippen LogP contribution in [0.1, 0.15) is 36.0 Å². The number of rotatable bonds is 5. The normalized spacial score (nSPS) is 18.1. The Morgan fingerprint density at radius 1 is 1.39 bits per heavy atom. The quantitative estimate of drug-likeness (QED) is 0.851. The van der Waals surface area contributed by atoms with E-state index in [0.29, 0.717) is 6.54 Å². The second-order valence-corrected chi connectivity index (χ2v) is 5.94. The second kappa shape index (κ2) is 7.42. The standard InChI is InChI=1S/C18H22N2O3/c1-22-13-17(21)20-9-5-8-15(12-20)18-19-11-16(23-18)10-14-6-3-2-4-7-14/h2-4,6-7,11,15H,5,8-10,12-13H2,1H3. The molecule has 1 unspecified atom stereocenters. The Bertz CT molecular complexity index is 639. The number of carbonyl (C=O) groups is 1. The average Bonchev–Trinajstić information content (AvgIpc) is 3.05. The molecule has 1 aliphatic rings. The maximum Gasteiger partial charge on any atom is 0.248 e. The molecule has 0 aliphatic carbocycles. The molecular weight excluding hydrogens is 292 g/mol. The first kappa shape index (κ1) is 15.7. The first-order valence-electron chi connectivity index (χ1n) is 8.01. The van der Waals surface area contributed by atoms with E-state index in [4.69, 9.17) is 9.15 Å². The Labute approximate surface area is 136 Å². The number of piperidine rings is 1. The molecular formula is C18H22N2O3. The van der Waals surface area contributed by atoms with Crippen LogP contribution >= 0.6 is 0 Å². The van der Waals surface area contributed by atoms with Crippen molar-refractivity contribution in [2.45, 2.75) is 25.2 Å². The van der Waals surface area contributed by atoms with Crippen LogP contribution in [0.15, 0.2) is 40.9 Å². The van der Waals surface area contributed by atoms with Crippen LogP contribution in [0.25, 0.3) is 0 Å². The molecule has 1 atom stereocenters. The summed E-state index contributed by atoms with van der Waals surface area (Å²) in [6.45, 7) is 1.58. The van der Waals surface area contributed by atoms with Gasteiger partial charge in [0.15, 0.2) is 5.89 Å². The van der Waals surface area contributed by atoms with Crippen molar-refractivity contribution in [3.8, 4) is 0 Å². The fourth-order valence-corrected chi connectivity index (χ4v) is 3.01. The van der Waals surface area contributed by atoms with Crippen molar-refractivity contribution in [1.29, 1.82) is 0 Å². The van der Waals surface area contributed by atoms with E-state index >= 15 is 0 Å². The highest BCUT2D eigenvalue weighted by Gasteiger charge is 2.27. The lowest BCUT2D eigenvalue weighted by molar-refractivity contribution is -0.136. The number of carbonyl (C=O) groups excluding carboxylic acids is 1. The molecule has 0 bridgehead atoms. The molecule has 122 valence electrons. The molecule has 1 aromatic carbocycles. The molecule has 0 radical (unpaired) electrons. The van der Waals surface area contributed by atoms with E-state index in [9.17, 15) is 4.79 Å². The van der Waals surface area contributed by atoms with Crippen LogP contribution in [-0.4, -0.2) is 42.6 Å². The Kier molecular flexibility index (Phi) is 5.08. The smallest absolute Gasteiger partial charge is 0.248 e. The summed E-state index contributed by atoms with van der Waals surface area (Å²) in [7, 11) is 1.54. The van der Waals surface area contributed by atoms with Crippen molar-refractivity contribution in [2.24, 2.45) is 0 Å². The van der Waals surface area contributed by atoms with E-state index in [2.05, 4.69) is 17.1 Å². The first-order valence-corrected chi connectivity index (χ1v) is 8.01. The zero-order chi connectivity index (χ0) is 16.1. The predicted octanol–water partition coefficient (Wildman–Crippen LogP) is 2.62. The first-order chi connectivity index (χ1) is 11.3. The molecule has 0 N–H and O–H groups in total. The largest absolute Gasteiger partial charge is 0.445 e. The van der Waals surface area contributed by atoms with Crippen molar-refractivity contribution < 1.29 is 13.9 Å². The number of ether oxygens (including phenoxy) is 1. The Balaban J connectivity index is 1.64. The lowest BCUT2D eigenvalue weighted by Gasteiger charge is -2.31. The van der Waals surface area contributed by atoms with E-state index in [1.807, 2.05) is 23.1 Å². The van der Waals surface area contributed by atoms with E-state index in [-0.39, 0.29) is 18.4 Å². The van der Waals surface area contributed by atoms with Crippen molar-refractivity contribution in [3.63, 3.8) is 0 Å². The number of benzene rings is 1. The summed E-state index contributed by atoms with van der Waals surface area (Å²) in [5.41, 5.74) is 1.20. The average molecular weight is 314 g/mol. The maximum absolute atomic E-state index is 12.0. The zero-order valence-corrected chi connectivity index (χ0v) is 13.4. The van der Waals surface area contributed by atoms with Crippen LogP contribution in [0.4, 0.5) is 0 Å². The highest BCUT2D eigenvalue weighted by molar-refractivity contribution is 5.77. The minimum Gasteiger partial charge on any atom is -0.445 e. The molecule has 2 aromatic rings. The third-order valence-electron chi connectivity index (χ3n) is 4.18. The summed E-state index contributed by atoms with van der Waals surface area (Å²) >= 11 is 0. The van der Waals surface area contributed by atoms with Gasteiger partial charge in [0, 0.05) is 26.6 Å². The van der Waals surface area contributed by atoms with Gasteiger partial charge in [-0.05, 0) is 18.4 Å². The number of amides is 1. The van der Waals surface area contributed by atoms with Crippen LogP contribution in [0.2, 0.25) is 0 Å². The molecule has 1 amide bonds. The van der Waals surface area contributed by atoms with Gasteiger partial charge in [0.2, 0.25) is 5.91 Å². The lowest BCUT2D eigenvalue weighted by atomic mass is 9.98. The van der Waals surface area contributed by atoms with E-state index in [0.717, 1.165) is 37.5 Å². The van der Waals surface area contributed by atoms with Gasteiger partial charge in [0.1, 0.15) is 12.4 Å². The van der Waals surface area contributed by atoms with Gasteiger partial charge in [-0.3, -0.25) is 4.79 Å². The van der Waals surface area contributed by atoms with Crippen LogP contribution in [0, 0.1) is 0 Å². The Morgan fingerprint density at radius 2 is 2.22 bits per heavy atom. The van der Waals surface area contributed by atoms with E-state index in [1.165, 1.54) is 5.56 Å². The van der Waals surface area contributed by atoms with Crippen LogP contribution in [0.3, 0.4) is 0 Å². The third kappa shape index (κ3) is 3.99. The van der Waals surface area contributed by atoms with E-state index < -0.39 is 0 Å².